The van der Waals surface area contributed by atoms with Crippen molar-refractivity contribution in [1.29, 1.82) is 0 Å². The van der Waals surface area contributed by atoms with Crippen LogP contribution < -0.4 is 0 Å². The number of aryl methyl sites for hydroxylation is 1. The number of H-pyrrole nitrogens is 1. The van der Waals surface area contributed by atoms with Crippen LogP contribution in [-0.4, -0.2) is 70.5 Å². The van der Waals surface area contributed by atoms with Crippen molar-refractivity contribution < 1.29 is 0 Å². The summed E-state index contributed by atoms with van der Waals surface area (Å²) in [5, 5.41) is 0. The van der Waals surface area contributed by atoms with Crippen molar-refractivity contribution in [3.63, 3.8) is 0 Å². The highest BCUT2D eigenvalue weighted by molar-refractivity contribution is 7.98. The predicted molar refractivity (Wildman–Crippen MR) is 90.8 cm³/mol. The lowest BCUT2D eigenvalue weighted by Gasteiger charge is -2.21. The SMILES string of the molecule is Cc1[nH]cnc1CSCCN1CCCN(CCS)CC1. The second kappa shape index (κ2) is 8.97. The van der Waals surface area contributed by atoms with E-state index in [-0.39, 0.29) is 0 Å². The number of hydrogen-bond donors (Lipinski definition) is 2. The van der Waals surface area contributed by atoms with E-state index < -0.39 is 0 Å². The average molecular weight is 315 g/mol. The minimum atomic E-state index is 0.971. The summed E-state index contributed by atoms with van der Waals surface area (Å²) in [7, 11) is 0. The van der Waals surface area contributed by atoms with Gasteiger partial charge in [-0.05, 0) is 26.4 Å². The fourth-order valence-electron chi connectivity index (χ4n) is 2.51. The molecule has 1 aliphatic rings. The first kappa shape index (κ1) is 16.2. The molecule has 0 aromatic carbocycles. The van der Waals surface area contributed by atoms with E-state index in [1.807, 2.05) is 11.8 Å². The molecule has 0 saturated carbocycles. The Labute approximate surface area is 132 Å². The summed E-state index contributed by atoms with van der Waals surface area (Å²) in [5.41, 5.74) is 2.40. The molecule has 0 atom stereocenters. The number of thiol groups is 1. The maximum Gasteiger partial charge on any atom is 0.0925 e. The molecule has 1 aromatic rings. The van der Waals surface area contributed by atoms with Crippen LogP contribution in [0.1, 0.15) is 17.8 Å². The fourth-order valence-corrected chi connectivity index (χ4v) is 3.81. The molecule has 4 nitrogen and oxygen atoms in total. The Kier molecular flexibility index (Phi) is 7.27. The first-order chi connectivity index (χ1) is 9.79. The molecule has 1 saturated heterocycles. The number of aromatic amines is 1. The highest BCUT2D eigenvalue weighted by atomic mass is 32.2. The van der Waals surface area contributed by atoms with Crippen molar-refractivity contribution in [3.05, 3.63) is 17.7 Å². The van der Waals surface area contributed by atoms with Gasteiger partial charge >= 0.3 is 0 Å². The van der Waals surface area contributed by atoms with Crippen LogP contribution in [-0.2, 0) is 5.75 Å². The van der Waals surface area contributed by atoms with Crippen molar-refractivity contribution in [2.45, 2.75) is 19.1 Å². The third-order valence-corrected chi connectivity index (χ3v) is 4.97. The lowest BCUT2D eigenvalue weighted by Crippen LogP contribution is -2.33. The molecule has 20 heavy (non-hydrogen) atoms. The number of nitrogens with one attached hydrogen (secondary N) is 1. The van der Waals surface area contributed by atoms with Crippen molar-refractivity contribution in [3.8, 4) is 0 Å². The highest BCUT2D eigenvalue weighted by Crippen LogP contribution is 2.13. The molecule has 0 bridgehead atoms. The highest BCUT2D eigenvalue weighted by Gasteiger charge is 2.13. The van der Waals surface area contributed by atoms with Gasteiger partial charge in [-0.25, -0.2) is 4.98 Å². The van der Waals surface area contributed by atoms with E-state index >= 15 is 0 Å². The molecule has 0 spiro atoms. The summed E-state index contributed by atoms with van der Waals surface area (Å²) >= 11 is 6.31. The lowest BCUT2D eigenvalue weighted by molar-refractivity contribution is 0.274. The van der Waals surface area contributed by atoms with E-state index in [1.54, 1.807) is 6.33 Å². The Morgan fingerprint density at radius 3 is 2.65 bits per heavy atom. The molecule has 1 N–H and O–H groups in total. The van der Waals surface area contributed by atoms with Gasteiger partial charge in [0, 0.05) is 49.1 Å². The van der Waals surface area contributed by atoms with Crippen LogP contribution in [0.2, 0.25) is 0 Å². The Morgan fingerprint density at radius 2 is 2.00 bits per heavy atom. The van der Waals surface area contributed by atoms with Crippen LogP contribution in [0.4, 0.5) is 0 Å². The van der Waals surface area contributed by atoms with E-state index in [9.17, 15) is 0 Å². The fraction of sp³-hybridized carbons (Fsp3) is 0.786. The number of imidazole rings is 1. The third kappa shape index (κ3) is 5.31. The van der Waals surface area contributed by atoms with E-state index in [2.05, 4.69) is 39.3 Å². The summed E-state index contributed by atoms with van der Waals surface area (Å²) in [5.74, 6) is 3.19. The van der Waals surface area contributed by atoms with Gasteiger partial charge in [0.15, 0.2) is 0 Å². The molecule has 0 unspecified atom stereocenters. The first-order valence-electron chi connectivity index (χ1n) is 7.41. The van der Waals surface area contributed by atoms with Gasteiger partial charge in [0.1, 0.15) is 0 Å². The van der Waals surface area contributed by atoms with E-state index in [0.29, 0.717) is 0 Å². The van der Waals surface area contributed by atoms with Crippen molar-refractivity contribution in [2.75, 3.05) is 50.8 Å². The smallest absolute Gasteiger partial charge is 0.0925 e. The minimum absolute atomic E-state index is 0.971. The van der Waals surface area contributed by atoms with Gasteiger partial charge in [-0.1, -0.05) is 0 Å². The maximum absolute atomic E-state index is 4.34. The molecule has 1 fully saturated rings. The Hall–Kier alpha value is -0.170. The predicted octanol–water partition coefficient (Wildman–Crippen LogP) is 1.89. The molecule has 2 heterocycles. The number of thioether (sulfide) groups is 1. The van der Waals surface area contributed by atoms with Crippen LogP contribution in [0, 0.1) is 6.92 Å². The van der Waals surface area contributed by atoms with E-state index in [1.165, 1.54) is 56.3 Å². The van der Waals surface area contributed by atoms with Gasteiger partial charge in [0.2, 0.25) is 0 Å². The molecular formula is C14H26N4S2. The minimum Gasteiger partial charge on any atom is -0.348 e. The van der Waals surface area contributed by atoms with Gasteiger partial charge < -0.3 is 14.8 Å². The van der Waals surface area contributed by atoms with Crippen LogP contribution >= 0.6 is 24.4 Å². The van der Waals surface area contributed by atoms with Gasteiger partial charge in [0.25, 0.3) is 0 Å². The van der Waals surface area contributed by atoms with Crippen LogP contribution in [0.5, 0.6) is 0 Å². The molecule has 1 aromatic heterocycles. The lowest BCUT2D eigenvalue weighted by atomic mass is 10.4. The number of hydrogen-bond acceptors (Lipinski definition) is 5. The molecule has 0 aliphatic carbocycles. The number of aromatic nitrogens is 2. The summed E-state index contributed by atoms with van der Waals surface area (Å²) in [4.78, 5) is 12.6. The molecule has 2 rings (SSSR count). The Balaban J connectivity index is 1.61. The summed E-state index contributed by atoms with van der Waals surface area (Å²) in [6, 6.07) is 0. The number of nitrogens with zero attached hydrogens (tertiary/aromatic N) is 3. The maximum atomic E-state index is 4.34. The van der Waals surface area contributed by atoms with Gasteiger partial charge in [0.05, 0.1) is 12.0 Å². The van der Waals surface area contributed by atoms with E-state index in [0.717, 1.165) is 18.1 Å². The zero-order valence-corrected chi connectivity index (χ0v) is 14.1. The summed E-state index contributed by atoms with van der Waals surface area (Å²) < 4.78 is 0. The van der Waals surface area contributed by atoms with Crippen molar-refractivity contribution in [2.24, 2.45) is 0 Å². The Morgan fingerprint density at radius 1 is 1.25 bits per heavy atom. The normalized spacial score (nSPS) is 18.3. The second-order valence-corrected chi connectivity index (χ2v) is 6.84. The summed E-state index contributed by atoms with van der Waals surface area (Å²) in [6.07, 6.45) is 3.08. The van der Waals surface area contributed by atoms with Gasteiger partial charge in [-0.15, -0.1) is 0 Å². The van der Waals surface area contributed by atoms with Gasteiger partial charge in [-0.2, -0.15) is 24.4 Å². The molecule has 1 aliphatic heterocycles. The van der Waals surface area contributed by atoms with Crippen molar-refractivity contribution >= 4 is 24.4 Å². The topological polar surface area (TPSA) is 35.2 Å². The number of rotatable bonds is 7. The largest absolute Gasteiger partial charge is 0.348 e. The standard InChI is InChI=1S/C14H26N4S2/c1-13-14(16-12-15-13)11-20-10-8-18-4-2-3-17(5-6-18)7-9-19/h12,19H,2-11H2,1H3,(H,15,16). The Bertz CT molecular complexity index is 383. The third-order valence-electron chi connectivity index (χ3n) is 3.82. The molecular weight excluding hydrogens is 288 g/mol. The molecule has 0 amide bonds. The van der Waals surface area contributed by atoms with Crippen LogP contribution in [0.15, 0.2) is 6.33 Å². The summed E-state index contributed by atoms with van der Waals surface area (Å²) in [6.45, 7) is 9.29. The molecule has 0 radical (unpaired) electrons. The van der Waals surface area contributed by atoms with E-state index in [4.69, 9.17) is 0 Å². The first-order valence-corrected chi connectivity index (χ1v) is 9.20. The molecule has 114 valence electrons. The molecule has 6 heteroatoms. The monoisotopic (exact) mass is 314 g/mol. The quantitative estimate of drug-likeness (QED) is 0.595. The second-order valence-electron chi connectivity index (χ2n) is 5.29. The van der Waals surface area contributed by atoms with Crippen molar-refractivity contribution in [1.82, 2.24) is 19.8 Å². The van der Waals surface area contributed by atoms with Gasteiger partial charge in [-0.3, -0.25) is 0 Å². The zero-order valence-electron chi connectivity index (χ0n) is 12.3. The average Bonchev–Trinajstić information content (AvgIpc) is 2.72. The van der Waals surface area contributed by atoms with Crippen LogP contribution in [0.25, 0.3) is 0 Å². The zero-order chi connectivity index (χ0) is 14.2. The van der Waals surface area contributed by atoms with Crippen LogP contribution in [0.3, 0.4) is 0 Å².